The lowest BCUT2D eigenvalue weighted by Gasteiger charge is -2.22. The second-order valence-corrected chi connectivity index (χ2v) is 7.94. The van der Waals surface area contributed by atoms with Crippen molar-refractivity contribution < 1.29 is 18.9 Å². The van der Waals surface area contributed by atoms with Gasteiger partial charge < -0.3 is 18.9 Å². The lowest BCUT2D eigenvalue weighted by atomic mass is 9.85. The fraction of sp³-hybridized carbons (Fsp3) is 0.200. The minimum Gasteiger partial charge on any atom is -0.497 e. The molecule has 4 nitrogen and oxygen atoms in total. The molecule has 0 fully saturated rings. The smallest absolute Gasteiger partial charge is 0.127 e. The molecular formula is C30H29O4. The summed E-state index contributed by atoms with van der Waals surface area (Å²) in [5.74, 6) is 3.27. The molecule has 1 radical (unpaired) electrons. The van der Waals surface area contributed by atoms with Crippen LogP contribution in [0.25, 0.3) is 0 Å². The summed E-state index contributed by atoms with van der Waals surface area (Å²) in [4.78, 5) is 0. The SMILES string of the molecule is COc1ccc(C(Cc2c(OC)c[c]cc2OCc2ccccc2)c2ccc(OC)cc2)cc1. The molecule has 0 unspecified atom stereocenters. The van der Waals surface area contributed by atoms with Crippen LogP contribution in [0.4, 0.5) is 0 Å². The zero-order valence-corrected chi connectivity index (χ0v) is 19.8. The predicted molar refractivity (Wildman–Crippen MR) is 134 cm³/mol. The van der Waals surface area contributed by atoms with Crippen LogP contribution in [0.15, 0.2) is 91.0 Å². The summed E-state index contributed by atoms with van der Waals surface area (Å²) in [6, 6.07) is 33.5. The van der Waals surface area contributed by atoms with Gasteiger partial charge in [0.25, 0.3) is 0 Å². The van der Waals surface area contributed by atoms with E-state index in [0.717, 1.165) is 34.1 Å². The van der Waals surface area contributed by atoms with E-state index in [4.69, 9.17) is 18.9 Å². The Bertz CT molecular complexity index is 1120. The molecule has 0 atom stereocenters. The highest BCUT2D eigenvalue weighted by Gasteiger charge is 2.21. The van der Waals surface area contributed by atoms with E-state index >= 15 is 0 Å². The first-order chi connectivity index (χ1) is 16.7. The van der Waals surface area contributed by atoms with Gasteiger partial charge >= 0.3 is 0 Å². The summed E-state index contributed by atoms with van der Waals surface area (Å²) in [5, 5.41) is 0. The fourth-order valence-corrected chi connectivity index (χ4v) is 4.04. The molecule has 4 heteroatoms. The van der Waals surface area contributed by atoms with E-state index in [1.165, 1.54) is 11.1 Å². The maximum atomic E-state index is 6.26. The first kappa shape index (κ1) is 23.2. The van der Waals surface area contributed by atoms with Crippen LogP contribution in [0.2, 0.25) is 0 Å². The Morgan fingerprint density at radius 3 is 1.74 bits per heavy atom. The van der Waals surface area contributed by atoms with Gasteiger partial charge in [-0.2, -0.15) is 0 Å². The molecule has 4 aromatic rings. The van der Waals surface area contributed by atoms with E-state index in [2.05, 4.69) is 42.5 Å². The highest BCUT2D eigenvalue weighted by atomic mass is 16.5. The van der Waals surface area contributed by atoms with Gasteiger partial charge in [0.15, 0.2) is 0 Å². The van der Waals surface area contributed by atoms with Crippen molar-refractivity contribution >= 4 is 0 Å². The third kappa shape index (κ3) is 5.52. The standard InChI is InChI=1S/C30H29O4/c1-31-25-16-12-23(13-17-25)27(24-14-18-26(32-2)19-15-24)20-28-29(33-3)10-7-11-30(28)34-21-22-8-5-4-6-9-22/h4-6,8-19,27H,20-21H2,1-3H3. The van der Waals surface area contributed by atoms with Gasteiger partial charge in [-0.1, -0.05) is 54.6 Å². The van der Waals surface area contributed by atoms with Gasteiger partial charge in [0.1, 0.15) is 29.6 Å². The van der Waals surface area contributed by atoms with Gasteiger partial charge in [-0.3, -0.25) is 0 Å². The van der Waals surface area contributed by atoms with Crippen LogP contribution < -0.4 is 18.9 Å². The molecule has 0 aliphatic rings. The van der Waals surface area contributed by atoms with E-state index in [9.17, 15) is 0 Å². The third-order valence-corrected chi connectivity index (χ3v) is 5.93. The molecule has 34 heavy (non-hydrogen) atoms. The van der Waals surface area contributed by atoms with Gasteiger partial charge in [0.05, 0.1) is 21.3 Å². The van der Waals surface area contributed by atoms with Crippen molar-refractivity contribution in [3.8, 4) is 23.0 Å². The van der Waals surface area contributed by atoms with Crippen molar-refractivity contribution in [2.45, 2.75) is 18.9 Å². The minimum absolute atomic E-state index is 0.0761. The van der Waals surface area contributed by atoms with Crippen molar-refractivity contribution in [1.82, 2.24) is 0 Å². The molecule has 0 N–H and O–H groups in total. The van der Waals surface area contributed by atoms with Gasteiger partial charge in [0, 0.05) is 11.5 Å². The van der Waals surface area contributed by atoms with Crippen LogP contribution in [-0.2, 0) is 13.0 Å². The molecule has 0 aliphatic heterocycles. The van der Waals surface area contributed by atoms with Crippen LogP contribution in [0.3, 0.4) is 0 Å². The van der Waals surface area contributed by atoms with Crippen molar-refractivity contribution in [1.29, 1.82) is 0 Å². The van der Waals surface area contributed by atoms with Gasteiger partial charge in [-0.05, 0) is 65.6 Å². The van der Waals surface area contributed by atoms with Crippen LogP contribution in [0.5, 0.6) is 23.0 Å². The molecule has 4 rings (SSSR count). The summed E-state index contributed by atoms with van der Waals surface area (Å²) in [7, 11) is 5.04. The van der Waals surface area contributed by atoms with Gasteiger partial charge in [-0.25, -0.2) is 0 Å². The molecule has 0 heterocycles. The Labute approximate surface area is 201 Å². The van der Waals surface area contributed by atoms with Crippen molar-refractivity contribution in [2.24, 2.45) is 0 Å². The zero-order valence-electron chi connectivity index (χ0n) is 19.8. The predicted octanol–water partition coefficient (Wildman–Crippen LogP) is 6.47. The highest BCUT2D eigenvalue weighted by Crippen LogP contribution is 2.37. The topological polar surface area (TPSA) is 36.9 Å². The number of methoxy groups -OCH3 is 3. The summed E-state index contributed by atoms with van der Waals surface area (Å²) >= 11 is 0. The Balaban J connectivity index is 1.70. The Morgan fingerprint density at radius 2 is 1.21 bits per heavy atom. The molecule has 0 spiro atoms. The van der Waals surface area contributed by atoms with Gasteiger partial charge in [0.2, 0.25) is 0 Å². The van der Waals surface area contributed by atoms with Crippen molar-refractivity contribution in [3.05, 3.63) is 119 Å². The maximum absolute atomic E-state index is 6.26. The fourth-order valence-electron chi connectivity index (χ4n) is 4.04. The van der Waals surface area contributed by atoms with Crippen LogP contribution in [0, 0.1) is 6.07 Å². The van der Waals surface area contributed by atoms with E-state index in [1.54, 1.807) is 21.3 Å². The average molecular weight is 454 g/mol. The number of ether oxygens (including phenoxy) is 4. The second kappa shape index (κ2) is 11.3. The summed E-state index contributed by atoms with van der Waals surface area (Å²) < 4.78 is 22.7. The molecule has 0 saturated heterocycles. The summed E-state index contributed by atoms with van der Waals surface area (Å²) in [6.07, 6.45) is 0.695. The largest absolute Gasteiger partial charge is 0.497 e. The number of benzene rings is 4. The van der Waals surface area contributed by atoms with Crippen LogP contribution >= 0.6 is 0 Å². The second-order valence-electron chi connectivity index (χ2n) is 7.94. The third-order valence-electron chi connectivity index (χ3n) is 5.93. The molecule has 0 amide bonds. The normalized spacial score (nSPS) is 10.7. The van der Waals surface area contributed by atoms with E-state index < -0.39 is 0 Å². The van der Waals surface area contributed by atoms with Crippen molar-refractivity contribution in [3.63, 3.8) is 0 Å². The molecule has 0 bridgehead atoms. The highest BCUT2D eigenvalue weighted by molar-refractivity contribution is 5.48. The van der Waals surface area contributed by atoms with E-state index in [-0.39, 0.29) is 5.92 Å². The minimum atomic E-state index is 0.0761. The number of rotatable bonds is 10. The summed E-state index contributed by atoms with van der Waals surface area (Å²) in [5.41, 5.74) is 4.47. The maximum Gasteiger partial charge on any atom is 0.127 e. The summed E-state index contributed by atoms with van der Waals surface area (Å²) in [6.45, 7) is 0.477. The molecular weight excluding hydrogens is 424 g/mol. The Kier molecular flexibility index (Phi) is 7.71. The quantitative estimate of drug-likeness (QED) is 0.276. The Morgan fingerprint density at radius 1 is 0.647 bits per heavy atom. The van der Waals surface area contributed by atoms with E-state index in [1.807, 2.05) is 54.6 Å². The average Bonchev–Trinajstić information content (AvgIpc) is 2.91. The molecule has 173 valence electrons. The van der Waals surface area contributed by atoms with Gasteiger partial charge in [-0.15, -0.1) is 0 Å². The van der Waals surface area contributed by atoms with Crippen LogP contribution in [0.1, 0.15) is 28.2 Å². The first-order valence-electron chi connectivity index (χ1n) is 11.2. The molecule has 0 aromatic heterocycles. The number of hydrogen-bond donors (Lipinski definition) is 0. The molecule has 0 saturated carbocycles. The Hall–Kier alpha value is -3.92. The van der Waals surface area contributed by atoms with Crippen LogP contribution in [-0.4, -0.2) is 21.3 Å². The zero-order chi connectivity index (χ0) is 23.8. The first-order valence-corrected chi connectivity index (χ1v) is 11.2. The lowest BCUT2D eigenvalue weighted by Crippen LogP contribution is -2.09. The van der Waals surface area contributed by atoms with Crippen molar-refractivity contribution in [2.75, 3.05) is 21.3 Å². The monoisotopic (exact) mass is 453 g/mol. The number of hydrogen-bond acceptors (Lipinski definition) is 4. The van der Waals surface area contributed by atoms with E-state index in [0.29, 0.717) is 13.0 Å². The lowest BCUT2D eigenvalue weighted by molar-refractivity contribution is 0.299. The molecule has 4 aromatic carbocycles. The molecule has 0 aliphatic carbocycles.